The van der Waals surface area contributed by atoms with E-state index in [1.807, 2.05) is 30.5 Å². The smallest absolute Gasteiger partial charge is 0.255 e. The number of aromatic nitrogens is 2. The minimum atomic E-state index is -0.210. The van der Waals surface area contributed by atoms with Crippen molar-refractivity contribution in [3.63, 3.8) is 0 Å². The summed E-state index contributed by atoms with van der Waals surface area (Å²) in [7, 11) is 1.54. The Kier molecular flexibility index (Phi) is 4.42. The summed E-state index contributed by atoms with van der Waals surface area (Å²) in [4.78, 5) is 12.4. The summed E-state index contributed by atoms with van der Waals surface area (Å²) in [5.41, 5.74) is 0.494. The lowest BCUT2D eigenvalue weighted by atomic mass is 10.1. The van der Waals surface area contributed by atoms with Gasteiger partial charge in [0.1, 0.15) is 17.6 Å². The molecule has 6 heteroatoms. The maximum Gasteiger partial charge on any atom is 0.255 e. The Morgan fingerprint density at radius 3 is 2.87 bits per heavy atom. The largest absolute Gasteiger partial charge is 0.496 e. The summed E-state index contributed by atoms with van der Waals surface area (Å²) < 4.78 is 12.4. The van der Waals surface area contributed by atoms with Gasteiger partial charge >= 0.3 is 0 Å². The van der Waals surface area contributed by atoms with E-state index >= 15 is 0 Å². The molecule has 0 saturated carbocycles. The van der Waals surface area contributed by atoms with E-state index < -0.39 is 0 Å². The van der Waals surface area contributed by atoms with Crippen molar-refractivity contribution in [1.29, 1.82) is 0 Å². The molecule has 0 aliphatic rings. The molecule has 1 unspecified atom stereocenters. The van der Waals surface area contributed by atoms with E-state index in [0.29, 0.717) is 17.9 Å². The molecule has 0 fully saturated rings. The Bertz CT molecular complexity index is 717. The number of rotatable bonds is 6. The van der Waals surface area contributed by atoms with Crippen LogP contribution >= 0.6 is 0 Å². The molecule has 1 aromatic carbocycles. The molecule has 2 heterocycles. The number of furan rings is 1. The molecule has 0 aliphatic carbocycles. The van der Waals surface area contributed by atoms with Gasteiger partial charge in [-0.2, -0.15) is 5.10 Å². The third kappa shape index (κ3) is 3.26. The Morgan fingerprint density at radius 2 is 2.17 bits per heavy atom. The minimum absolute atomic E-state index is 0.203. The van der Waals surface area contributed by atoms with Crippen LogP contribution in [-0.4, -0.2) is 29.3 Å². The Balaban J connectivity index is 1.76. The highest BCUT2D eigenvalue weighted by atomic mass is 16.5. The molecular weight excluding hydrogens is 294 g/mol. The van der Waals surface area contributed by atoms with Crippen molar-refractivity contribution in [2.75, 3.05) is 13.7 Å². The fourth-order valence-corrected chi connectivity index (χ4v) is 2.39. The van der Waals surface area contributed by atoms with E-state index in [2.05, 4.69) is 10.4 Å². The van der Waals surface area contributed by atoms with Crippen molar-refractivity contribution in [3.05, 3.63) is 72.4 Å². The molecule has 1 amide bonds. The SMILES string of the molecule is COc1ccccc1C(=O)NCC(c1ccco1)n1cccn1. The van der Waals surface area contributed by atoms with Gasteiger partial charge in [-0.25, -0.2) is 0 Å². The van der Waals surface area contributed by atoms with Gasteiger partial charge in [-0.1, -0.05) is 12.1 Å². The van der Waals surface area contributed by atoms with Crippen LogP contribution in [0, 0.1) is 0 Å². The van der Waals surface area contributed by atoms with Crippen LogP contribution < -0.4 is 10.1 Å². The molecule has 0 aliphatic heterocycles. The number of hydrogen-bond acceptors (Lipinski definition) is 4. The van der Waals surface area contributed by atoms with Crippen LogP contribution in [0.5, 0.6) is 5.75 Å². The second-order valence-corrected chi connectivity index (χ2v) is 4.93. The molecule has 23 heavy (non-hydrogen) atoms. The number of hydrogen-bond donors (Lipinski definition) is 1. The third-order valence-electron chi connectivity index (χ3n) is 3.52. The lowest BCUT2D eigenvalue weighted by Crippen LogP contribution is -2.31. The first kappa shape index (κ1) is 14.9. The van der Waals surface area contributed by atoms with E-state index in [-0.39, 0.29) is 11.9 Å². The van der Waals surface area contributed by atoms with Crippen molar-refractivity contribution in [2.24, 2.45) is 0 Å². The topological polar surface area (TPSA) is 69.3 Å². The average molecular weight is 311 g/mol. The first-order valence-corrected chi connectivity index (χ1v) is 7.23. The predicted molar refractivity (Wildman–Crippen MR) is 84.4 cm³/mol. The number of carbonyl (C=O) groups excluding carboxylic acids is 1. The van der Waals surface area contributed by atoms with E-state index in [0.717, 1.165) is 5.76 Å². The molecule has 0 saturated heterocycles. The van der Waals surface area contributed by atoms with Crippen LogP contribution in [0.25, 0.3) is 0 Å². The molecule has 0 spiro atoms. The minimum Gasteiger partial charge on any atom is -0.496 e. The number of para-hydroxylation sites is 1. The van der Waals surface area contributed by atoms with Crippen molar-refractivity contribution in [3.8, 4) is 5.75 Å². The fourth-order valence-electron chi connectivity index (χ4n) is 2.39. The molecule has 0 radical (unpaired) electrons. The number of carbonyl (C=O) groups is 1. The van der Waals surface area contributed by atoms with Crippen LogP contribution in [-0.2, 0) is 0 Å². The summed E-state index contributed by atoms with van der Waals surface area (Å²) in [6.45, 7) is 0.353. The molecule has 3 rings (SSSR count). The summed E-state index contributed by atoms with van der Waals surface area (Å²) in [6, 6.07) is 12.4. The van der Waals surface area contributed by atoms with Gasteiger partial charge in [0, 0.05) is 18.9 Å². The van der Waals surface area contributed by atoms with Crippen LogP contribution in [0.2, 0.25) is 0 Å². The monoisotopic (exact) mass is 311 g/mol. The second kappa shape index (κ2) is 6.83. The predicted octanol–water partition coefficient (Wildman–Crippen LogP) is 2.50. The summed E-state index contributed by atoms with van der Waals surface area (Å²) in [5, 5.41) is 7.15. The normalized spacial score (nSPS) is 11.9. The molecule has 3 aromatic rings. The van der Waals surface area contributed by atoms with Gasteiger partial charge in [-0.3, -0.25) is 9.48 Å². The molecule has 6 nitrogen and oxygen atoms in total. The Morgan fingerprint density at radius 1 is 1.30 bits per heavy atom. The standard InChI is InChI=1S/C17H17N3O3/c1-22-15-7-3-2-6-13(15)17(21)18-12-14(16-8-4-11-23-16)20-10-5-9-19-20/h2-11,14H,12H2,1H3,(H,18,21). The molecule has 0 bridgehead atoms. The van der Waals surface area contributed by atoms with E-state index in [1.165, 1.54) is 0 Å². The zero-order valence-corrected chi connectivity index (χ0v) is 12.7. The molecule has 118 valence electrons. The summed E-state index contributed by atoms with van der Waals surface area (Å²) >= 11 is 0. The number of ether oxygens (including phenoxy) is 1. The number of nitrogens with zero attached hydrogens (tertiary/aromatic N) is 2. The number of nitrogens with one attached hydrogen (secondary N) is 1. The highest BCUT2D eigenvalue weighted by Crippen LogP contribution is 2.19. The van der Waals surface area contributed by atoms with Gasteiger partial charge in [-0.05, 0) is 30.3 Å². The molecule has 1 N–H and O–H groups in total. The Labute approximate surface area is 133 Å². The molecular formula is C17H17N3O3. The van der Waals surface area contributed by atoms with Crippen molar-refractivity contribution < 1.29 is 13.9 Å². The van der Waals surface area contributed by atoms with Crippen molar-refractivity contribution in [2.45, 2.75) is 6.04 Å². The first-order valence-electron chi connectivity index (χ1n) is 7.23. The van der Waals surface area contributed by atoms with Gasteiger partial charge in [0.05, 0.1) is 18.9 Å². The highest BCUT2D eigenvalue weighted by Gasteiger charge is 2.19. The lowest BCUT2D eigenvalue weighted by molar-refractivity contribution is 0.0945. The van der Waals surface area contributed by atoms with Crippen molar-refractivity contribution in [1.82, 2.24) is 15.1 Å². The average Bonchev–Trinajstić information content (AvgIpc) is 3.29. The third-order valence-corrected chi connectivity index (χ3v) is 3.52. The fraction of sp³-hybridized carbons (Fsp3) is 0.176. The summed E-state index contributed by atoms with van der Waals surface area (Å²) in [6.07, 6.45) is 5.13. The number of amides is 1. The van der Waals surface area contributed by atoms with Gasteiger partial charge < -0.3 is 14.5 Å². The quantitative estimate of drug-likeness (QED) is 0.759. The Hall–Kier alpha value is -3.02. The highest BCUT2D eigenvalue weighted by molar-refractivity contribution is 5.96. The van der Waals surface area contributed by atoms with Gasteiger partial charge in [-0.15, -0.1) is 0 Å². The number of benzene rings is 1. The van der Waals surface area contributed by atoms with Gasteiger partial charge in [0.25, 0.3) is 5.91 Å². The van der Waals surface area contributed by atoms with E-state index in [4.69, 9.17) is 9.15 Å². The summed E-state index contributed by atoms with van der Waals surface area (Å²) in [5.74, 6) is 1.07. The maximum atomic E-state index is 12.4. The van der Waals surface area contributed by atoms with Gasteiger partial charge in [0.2, 0.25) is 0 Å². The van der Waals surface area contributed by atoms with Crippen LogP contribution in [0.1, 0.15) is 22.2 Å². The van der Waals surface area contributed by atoms with Gasteiger partial charge in [0.15, 0.2) is 0 Å². The van der Waals surface area contributed by atoms with E-state index in [9.17, 15) is 4.79 Å². The van der Waals surface area contributed by atoms with Crippen LogP contribution in [0.15, 0.2) is 65.5 Å². The number of methoxy groups -OCH3 is 1. The zero-order chi connectivity index (χ0) is 16.1. The van der Waals surface area contributed by atoms with Crippen LogP contribution in [0.4, 0.5) is 0 Å². The second-order valence-electron chi connectivity index (χ2n) is 4.93. The van der Waals surface area contributed by atoms with Crippen molar-refractivity contribution >= 4 is 5.91 Å². The first-order chi connectivity index (χ1) is 11.3. The van der Waals surface area contributed by atoms with Crippen LogP contribution in [0.3, 0.4) is 0 Å². The van der Waals surface area contributed by atoms with E-state index in [1.54, 1.807) is 42.5 Å². The molecule has 2 aromatic heterocycles. The lowest BCUT2D eigenvalue weighted by Gasteiger charge is -2.16. The zero-order valence-electron chi connectivity index (χ0n) is 12.7. The molecule has 1 atom stereocenters. The maximum absolute atomic E-state index is 12.4.